The van der Waals surface area contributed by atoms with Crippen LogP contribution in [0.5, 0.6) is 11.5 Å². The highest BCUT2D eigenvalue weighted by Crippen LogP contribution is 2.44. The summed E-state index contributed by atoms with van der Waals surface area (Å²) in [6.45, 7) is 2.74. The minimum atomic E-state index is 0.669. The fourth-order valence-corrected chi connectivity index (χ4v) is 3.47. The zero-order chi connectivity index (χ0) is 15.4. The second-order valence-corrected chi connectivity index (χ2v) is 5.98. The van der Waals surface area contributed by atoms with Crippen LogP contribution in [0.2, 0.25) is 0 Å². The fraction of sp³-hybridized carbons (Fsp3) is 0.400. The molecular formula is C20H24O2. The van der Waals surface area contributed by atoms with Gasteiger partial charge in [0.05, 0.1) is 13.7 Å². The van der Waals surface area contributed by atoms with Gasteiger partial charge in [-0.25, -0.2) is 0 Å². The summed E-state index contributed by atoms with van der Waals surface area (Å²) in [5.41, 5.74) is 2.88. The molecule has 0 N–H and O–H groups in total. The number of benzene rings is 2. The molecule has 2 atom stereocenters. The van der Waals surface area contributed by atoms with E-state index < -0.39 is 0 Å². The Morgan fingerprint density at radius 2 is 1.32 bits per heavy atom. The van der Waals surface area contributed by atoms with Crippen LogP contribution in [0.1, 0.15) is 49.1 Å². The van der Waals surface area contributed by atoms with Crippen LogP contribution >= 0.6 is 0 Å². The maximum atomic E-state index is 5.52. The Labute approximate surface area is 133 Å². The lowest BCUT2D eigenvalue weighted by Crippen LogP contribution is -1.96. The highest BCUT2D eigenvalue weighted by atomic mass is 16.5. The summed E-state index contributed by atoms with van der Waals surface area (Å²) in [5, 5.41) is 0. The molecule has 0 aromatic heterocycles. The third kappa shape index (κ3) is 3.27. The lowest BCUT2D eigenvalue weighted by Gasteiger charge is -2.13. The van der Waals surface area contributed by atoms with Gasteiger partial charge in [-0.05, 0) is 73.4 Å². The number of methoxy groups -OCH3 is 1. The van der Waals surface area contributed by atoms with Gasteiger partial charge in [0, 0.05) is 0 Å². The van der Waals surface area contributed by atoms with Gasteiger partial charge in [0.25, 0.3) is 0 Å². The third-order valence-electron chi connectivity index (χ3n) is 4.68. The van der Waals surface area contributed by atoms with Crippen LogP contribution in [-0.2, 0) is 0 Å². The van der Waals surface area contributed by atoms with Crippen LogP contribution in [-0.4, -0.2) is 13.7 Å². The van der Waals surface area contributed by atoms with Gasteiger partial charge in [-0.2, -0.15) is 0 Å². The Bertz CT molecular complexity index is 586. The van der Waals surface area contributed by atoms with E-state index in [0.29, 0.717) is 11.8 Å². The fourth-order valence-electron chi connectivity index (χ4n) is 3.47. The summed E-state index contributed by atoms with van der Waals surface area (Å²) >= 11 is 0. The van der Waals surface area contributed by atoms with Gasteiger partial charge in [0.1, 0.15) is 11.5 Å². The van der Waals surface area contributed by atoms with Crippen LogP contribution < -0.4 is 9.47 Å². The highest BCUT2D eigenvalue weighted by Gasteiger charge is 2.26. The van der Waals surface area contributed by atoms with Crippen molar-refractivity contribution in [2.24, 2.45) is 0 Å². The first-order chi connectivity index (χ1) is 10.8. The summed E-state index contributed by atoms with van der Waals surface area (Å²) in [5.74, 6) is 3.24. The van der Waals surface area contributed by atoms with Crippen molar-refractivity contribution < 1.29 is 9.47 Å². The molecule has 3 rings (SSSR count). The van der Waals surface area contributed by atoms with E-state index in [-0.39, 0.29) is 0 Å². The molecule has 1 aliphatic carbocycles. The molecule has 2 heteroatoms. The number of hydrogen-bond donors (Lipinski definition) is 0. The first-order valence-corrected chi connectivity index (χ1v) is 8.17. The summed E-state index contributed by atoms with van der Waals surface area (Å²) in [6.07, 6.45) is 3.77. The zero-order valence-electron chi connectivity index (χ0n) is 13.4. The van der Waals surface area contributed by atoms with Crippen LogP contribution in [0.4, 0.5) is 0 Å². The van der Waals surface area contributed by atoms with Gasteiger partial charge in [0.2, 0.25) is 0 Å². The van der Waals surface area contributed by atoms with E-state index >= 15 is 0 Å². The van der Waals surface area contributed by atoms with Crippen molar-refractivity contribution in [1.29, 1.82) is 0 Å². The van der Waals surface area contributed by atoms with Crippen molar-refractivity contribution in [3.8, 4) is 11.5 Å². The Balaban J connectivity index is 1.65. The van der Waals surface area contributed by atoms with Gasteiger partial charge in [-0.1, -0.05) is 24.3 Å². The summed E-state index contributed by atoms with van der Waals surface area (Å²) in [4.78, 5) is 0. The molecule has 2 unspecified atom stereocenters. The normalized spacial score (nSPS) is 20.8. The van der Waals surface area contributed by atoms with Crippen molar-refractivity contribution in [3.05, 3.63) is 59.7 Å². The van der Waals surface area contributed by atoms with E-state index in [0.717, 1.165) is 18.1 Å². The molecule has 2 nitrogen and oxygen atoms in total. The van der Waals surface area contributed by atoms with Gasteiger partial charge < -0.3 is 9.47 Å². The molecule has 1 saturated carbocycles. The van der Waals surface area contributed by atoms with E-state index in [1.807, 2.05) is 6.92 Å². The second-order valence-electron chi connectivity index (χ2n) is 5.98. The zero-order valence-corrected chi connectivity index (χ0v) is 13.4. The largest absolute Gasteiger partial charge is 0.497 e. The Hall–Kier alpha value is -1.96. The van der Waals surface area contributed by atoms with E-state index in [1.54, 1.807) is 7.11 Å². The predicted octanol–water partition coefficient (Wildman–Crippen LogP) is 5.15. The lowest BCUT2D eigenvalue weighted by molar-refractivity contribution is 0.340. The van der Waals surface area contributed by atoms with E-state index in [9.17, 15) is 0 Å². The average Bonchev–Trinajstić information content (AvgIpc) is 3.06. The SMILES string of the molecule is CCOc1ccc(C2CCC(c3ccc(OC)cc3)C2)cc1. The molecule has 0 amide bonds. The van der Waals surface area contributed by atoms with Crippen molar-refractivity contribution in [3.63, 3.8) is 0 Å². The first-order valence-electron chi connectivity index (χ1n) is 8.17. The van der Waals surface area contributed by atoms with Gasteiger partial charge in [-0.15, -0.1) is 0 Å². The minimum absolute atomic E-state index is 0.669. The Morgan fingerprint density at radius 3 is 1.77 bits per heavy atom. The monoisotopic (exact) mass is 296 g/mol. The maximum Gasteiger partial charge on any atom is 0.119 e. The second kappa shape index (κ2) is 6.87. The third-order valence-corrected chi connectivity index (χ3v) is 4.68. The standard InChI is InChI=1S/C20H24O2/c1-3-22-20-12-8-16(9-13-20)18-5-4-17(14-18)15-6-10-19(21-2)11-7-15/h6-13,17-18H,3-5,14H2,1-2H3. The van der Waals surface area contributed by atoms with Gasteiger partial charge >= 0.3 is 0 Å². The molecule has 22 heavy (non-hydrogen) atoms. The van der Waals surface area contributed by atoms with Gasteiger partial charge in [0.15, 0.2) is 0 Å². The average molecular weight is 296 g/mol. The molecule has 116 valence electrons. The number of ether oxygens (including phenoxy) is 2. The molecule has 0 heterocycles. The summed E-state index contributed by atoms with van der Waals surface area (Å²) in [6, 6.07) is 17.2. The summed E-state index contributed by atoms with van der Waals surface area (Å²) in [7, 11) is 1.71. The van der Waals surface area contributed by atoms with Gasteiger partial charge in [-0.3, -0.25) is 0 Å². The molecule has 0 spiro atoms. The Kier molecular flexibility index (Phi) is 4.67. The topological polar surface area (TPSA) is 18.5 Å². The first kappa shape index (κ1) is 15.0. The predicted molar refractivity (Wildman–Crippen MR) is 89.9 cm³/mol. The highest BCUT2D eigenvalue weighted by molar-refractivity contribution is 5.33. The maximum absolute atomic E-state index is 5.52. The molecular weight excluding hydrogens is 272 g/mol. The molecule has 1 fully saturated rings. The van der Waals surface area contributed by atoms with Crippen LogP contribution in [0.3, 0.4) is 0 Å². The summed E-state index contributed by atoms with van der Waals surface area (Å²) < 4.78 is 10.8. The molecule has 0 aliphatic heterocycles. The molecule has 0 radical (unpaired) electrons. The van der Waals surface area contributed by atoms with E-state index in [1.165, 1.54) is 30.4 Å². The van der Waals surface area contributed by atoms with Crippen molar-refractivity contribution in [2.45, 2.75) is 38.0 Å². The smallest absolute Gasteiger partial charge is 0.119 e. The Morgan fingerprint density at radius 1 is 0.818 bits per heavy atom. The molecule has 2 aromatic carbocycles. The molecule has 0 saturated heterocycles. The van der Waals surface area contributed by atoms with Crippen molar-refractivity contribution >= 4 is 0 Å². The number of hydrogen-bond acceptors (Lipinski definition) is 2. The quantitative estimate of drug-likeness (QED) is 0.760. The van der Waals surface area contributed by atoms with E-state index in [4.69, 9.17) is 9.47 Å². The van der Waals surface area contributed by atoms with Crippen LogP contribution in [0, 0.1) is 0 Å². The van der Waals surface area contributed by atoms with Crippen LogP contribution in [0.15, 0.2) is 48.5 Å². The molecule has 1 aliphatic rings. The minimum Gasteiger partial charge on any atom is -0.497 e. The van der Waals surface area contributed by atoms with E-state index in [2.05, 4.69) is 48.5 Å². The van der Waals surface area contributed by atoms with Crippen LogP contribution in [0.25, 0.3) is 0 Å². The lowest BCUT2D eigenvalue weighted by atomic mass is 9.93. The van der Waals surface area contributed by atoms with Crippen molar-refractivity contribution in [1.82, 2.24) is 0 Å². The molecule has 0 bridgehead atoms. The molecule has 2 aromatic rings. The number of rotatable bonds is 5. The van der Waals surface area contributed by atoms with Crippen molar-refractivity contribution in [2.75, 3.05) is 13.7 Å².